The lowest BCUT2D eigenvalue weighted by Gasteiger charge is -2.32. The van der Waals surface area contributed by atoms with Gasteiger partial charge in [0.1, 0.15) is 0 Å². The minimum absolute atomic E-state index is 0.0209. The van der Waals surface area contributed by atoms with Crippen LogP contribution in [0.15, 0.2) is 0 Å². The van der Waals surface area contributed by atoms with Crippen LogP contribution in [0.2, 0.25) is 0 Å². The van der Waals surface area contributed by atoms with Gasteiger partial charge in [-0.2, -0.15) is 0 Å². The molecule has 1 fully saturated rings. The van der Waals surface area contributed by atoms with Crippen molar-refractivity contribution in [3.63, 3.8) is 0 Å². The van der Waals surface area contributed by atoms with Gasteiger partial charge in [-0.3, -0.25) is 9.00 Å². The normalized spacial score (nSPS) is 34.3. The predicted octanol–water partition coefficient (Wildman–Crippen LogP) is 2.42. The van der Waals surface area contributed by atoms with Gasteiger partial charge >= 0.3 is 5.97 Å². The maximum absolute atomic E-state index is 12.1. The summed E-state index contributed by atoms with van der Waals surface area (Å²) < 4.78 is 12.1. The molecule has 0 aromatic carbocycles. The van der Waals surface area contributed by atoms with Crippen molar-refractivity contribution in [3.05, 3.63) is 0 Å². The Labute approximate surface area is 100 Å². The smallest absolute Gasteiger partial charge is 0.304 e. The van der Waals surface area contributed by atoms with E-state index in [4.69, 9.17) is 5.11 Å². The van der Waals surface area contributed by atoms with E-state index in [0.717, 1.165) is 19.3 Å². The Morgan fingerprint density at radius 3 is 2.50 bits per heavy atom. The van der Waals surface area contributed by atoms with Gasteiger partial charge in [0.25, 0.3) is 0 Å². The molecule has 3 nitrogen and oxygen atoms in total. The molecule has 0 saturated heterocycles. The number of aliphatic carboxylic acids is 1. The van der Waals surface area contributed by atoms with Crippen molar-refractivity contribution in [3.8, 4) is 0 Å². The van der Waals surface area contributed by atoms with E-state index in [1.165, 1.54) is 0 Å². The number of carboxylic acids is 1. The number of rotatable bonds is 4. The molecule has 5 atom stereocenters. The van der Waals surface area contributed by atoms with E-state index in [0.29, 0.717) is 11.8 Å². The third kappa shape index (κ3) is 3.58. The molecule has 16 heavy (non-hydrogen) atoms. The van der Waals surface area contributed by atoms with Gasteiger partial charge in [-0.05, 0) is 31.1 Å². The summed E-state index contributed by atoms with van der Waals surface area (Å²) in [4.78, 5) is 10.6. The van der Waals surface area contributed by atoms with E-state index in [-0.39, 0.29) is 16.9 Å². The molecule has 0 aliphatic heterocycles. The molecule has 0 radical (unpaired) electrons. The van der Waals surface area contributed by atoms with Crippen LogP contribution in [-0.4, -0.2) is 25.8 Å². The molecular formula is C12H22O3S. The second kappa shape index (κ2) is 5.80. The van der Waals surface area contributed by atoms with Crippen LogP contribution >= 0.6 is 0 Å². The Hall–Kier alpha value is -0.380. The first-order valence-electron chi connectivity index (χ1n) is 6.03. The van der Waals surface area contributed by atoms with E-state index < -0.39 is 16.8 Å². The summed E-state index contributed by atoms with van der Waals surface area (Å²) in [5, 5.41) is 8.68. The van der Waals surface area contributed by atoms with Crippen LogP contribution in [-0.2, 0) is 15.6 Å². The van der Waals surface area contributed by atoms with Crippen LogP contribution < -0.4 is 0 Å². The fourth-order valence-corrected chi connectivity index (χ4v) is 4.19. The van der Waals surface area contributed by atoms with Crippen LogP contribution in [0.3, 0.4) is 0 Å². The second-order valence-electron chi connectivity index (χ2n) is 5.13. The van der Waals surface area contributed by atoms with E-state index in [9.17, 15) is 9.00 Å². The molecule has 1 aliphatic carbocycles. The van der Waals surface area contributed by atoms with Crippen molar-refractivity contribution >= 4 is 16.8 Å². The Morgan fingerprint density at radius 1 is 1.38 bits per heavy atom. The summed E-state index contributed by atoms with van der Waals surface area (Å²) in [5.41, 5.74) is 0. The summed E-state index contributed by atoms with van der Waals surface area (Å²) in [6.45, 7) is 6.23. The largest absolute Gasteiger partial charge is 0.481 e. The lowest BCUT2D eigenvalue weighted by Crippen LogP contribution is -2.32. The van der Waals surface area contributed by atoms with Crippen molar-refractivity contribution in [1.82, 2.24) is 0 Å². The van der Waals surface area contributed by atoms with Crippen molar-refractivity contribution in [2.75, 3.05) is 0 Å². The van der Waals surface area contributed by atoms with Crippen LogP contribution in [0.25, 0.3) is 0 Å². The molecular weight excluding hydrogens is 224 g/mol. The maximum atomic E-state index is 12.1. The summed E-state index contributed by atoms with van der Waals surface area (Å²) in [6, 6.07) is 0. The SMILES string of the molecule is CC1CCC(S(=O)C(C)CC(=O)O)CC1C. The van der Waals surface area contributed by atoms with E-state index in [1.807, 2.05) is 0 Å². The molecule has 1 aliphatic rings. The highest BCUT2D eigenvalue weighted by molar-refractivity contribution is 7.86. The second-order valence-corrected chi connectivity index (χ2v) is 7.26. The van der Waals surface area contributed by atoms with Crippen molar-refractivity contribution in [1.29, 1.82) is 0 Å². The average molecular weight is 246 g/mol. The summed E-state index contributed by atoms with van der Waals surface area (Å²) in [6.07, 6.45) is 3.12. The molecule has 0 bridgehead atoms. The van der Waals surface area contributed by atoms with Crippen LogP contribution in [0.5, 0.6) is 0 Å². The molecule has 94 valence electrons. The van der Waals surface area contributed by atoms with Crippen molar-refractivity contribution in [2.24, 2.45) is 11.8 Å². The highest BCUT2D eigenvalue weighted by Crippen LogP contribution is 2.33. The molecule has 0 heterocycles. The Bertz CT molecular complexity index is 277. The Balaban J connectivity index is 2.51. The zero-order valence-electron chi connectivity index (χ0n) is 10.3. The first kappa shape index (κ1) is 13.7. The topological polar surface area (TPSA) is 54.4 Å². The van der Waals surface area contributed by atoms with Gasteiger partial charge in [0.05, 0.1) is 6.42 Å². The highest BCUT2D eigenvalue weighted by atomic mass is 32.2. The van der Waals surface area contributed by atoms with Gasteiger partial charge in [0.2, 0.25) is 0 Å². The standard InChI is InChI=1S/C12H22O3S/c1-8-4-5-11(6-9(8)2)16(15)10(3)7-12(13)14/h8-11H,4-7H2,1-3H3,(H,13,14). The summed E-state index contributed by atoms with van der Waals surface area (Å²) in [5.74, 6) is 0.473. The summed E-state index contributed by atoms with van der Waals surface area (Å²) >= 11 is 0. The summed E-state index contributed by atoms with van der Waals surface area (Å²) in [7, 11) is -0.988. The minimum atomic E-state index is -0.988. The molecule has 1 saturated carbocycles. The zero-order chi connectivity index (χ0) is 12.3. The average Bonchev–Trinajstić information content (AvgIpc) is 2.20. The third-order valence-electron chi connectivity index (χ3n) is 3.74. The monoisotopic (exact) mass is 246 g/mol. The zero-order valence-corrected chi connectivity index (χ0v) is 11.1. The number of carbonyl (C=O) groups is 1. The molecule has 0 aromatic heterocycles. The van der Waals surface area contributed by atoms with E-state index >= 15 is 0 Å². The van der Waals surface area contributed by atoms with Crippen LogP contribution in [0.1, 0.15) is 46.5 Å². The van der Waals surface area contributed by atoms with E-state index in [1.54, 1.807) is 6.92 Å². The van der Waals surface area contributed by atoms with Gasteiger partial charge in [-0.15, -0.1) is 0 Å². The van der Waals surface area contributed by atoms with Crippen molar-refractivity contribution < 1.29 is 14.1 Å². The first-order valence-corrected chi connectivity index (χ1v) is 7.30. The van der Waals surface area contributed by atoms with Gasteiger partial charge in [-0.25, -0.2) is 0 Å². The maximum Gasteiger partial charge on any atom is 0.304 e. The molecule has 1 rings (SSSR count). The first-order chi connectivity index (χ1) is 7.41. The van der Waals surface area contributed by atoms with Crippen LogP contribution in [0.4, 0.5) is 0 Å². The Kier molecular flexibility index (Phi) is 4.96. The lowest BCUT2D eigenvalue weighted by atomic mass is 9.81. The lowest BCUT2D eigenvalue weighted by molar-refractivity contribution is -0.136. The molecule has 0 spiro atoms. The Morgan fingerprint density at radius 2 is 2.00 bits per heavy atom. The van der Waals surface area contributed by atoms with Gasteiger partial charge in [0.15, 0.2) is 0 Å². The van der Waals surface area contributed by atoms with Gasteiger partial charge in [0, 0.05) is 21.3 Å². The number of hydrogen-bond acceptors (Lipinski definition) is 2. The van der Waals surface area contributed by atoms with Gasteiger partial charge in [-0.1, -0.05) is 20.8 Å². The fourth-order valence-electron chi connectivity index (χ4n) is 2.37. The van der Waals surface area contributed by atoms with Gasteiger partial charge < -0.3 is 5.11 Å². The molecule has 0 amide bonds. The van der Waals surface area contributed by atoms with Crippen molar-refractivity contribution in [2.45, 2.75) is 57.0 Å². The minimum Gasteiger partial charge on any atom is -0.481 e. The third-order valence-corrected chi connectivity index (χ3v) is 5.78. The molecule has 4 heteroatoms. The fraction of sp³-hybridized carbons (Fsp3) is 0.917. The molecule has 1 N–H and O–H groups in total. The quantitative estimate of drug-likeness (QED) is 0.829. The highest BCUT2D eigenvalue weighted by Gasteiger charge is 2.31. The molecule has 5 unspecified atom stereocenters. The predicted molar refractivity (Wildman–Crippen MR) is 65.8 cm³/mol. The van der Waals surface area contributed by atoms with E-state index in [2.05, 4.69) is 13.8 Å². The molecule has 0 aromatic rings. The number of carboxylic acid groups (broad SMARTS) is 1. The number of hydrogen-bond donors (Lipinski definition) is 1. The van der Waals surface area contributed by atoms with Crippen LogP contribution in [0, 0.1) is 11.8 Å².